The van der Waals surface area contributed by atoms with Crippen LogP contribution in [0.1, 0.15) is 46.6 Å². The number of anilines is 3. The van der Waals surface area contributed by atoms with Gasteiger partial charge in [-0.25, -0.2) is 13.6 Å². The third-order valence-electron chi connectivity index (χ3n) is 6.70. The van der Waals surface area contributed by atoms with E-state index in [2.05, 4.69) is 10.6 Å². The molecular formula is C35H42F2N4O6. The van der Waals surface area contributed by atoms with E-state index in [0.29, 0.717) is 36.0 Å². The average Bonchev–Trinajstić information content (AvgIpc) is 2.97. The fourth-order valence-corrected chi connectivity index (χ4v) is 4.41. The summed E-state index contributed by atoms with van der Waals surface area (Å²) >= 11 is 0. The number of halogens is 2. The van der Waals surface area contributed by atoms with Crippen LogP contribution in [-0.2, 0) is 25.5 Å². The van der Waals surface area contributed by atoms with Crippen molar-refractivity contribution >= 4 is 40.9 Å². The number of likely N-dealkylation sites (N-methyl/N-ethyl adjacent to an activating group) is 1. The molecule has 0 bridgehead atoms. The molecule has 0 aliphatic rings. The van der Waals surface area contributed by atoms with Gasteiger partial charge in [0.1, 0.15) is 23.0 Å². The summed E-state index contributed by atoms with van der Waals surface area (Å²) in [5.74, 6) is -2.53. The molecule has 10 nitrogen and oxygen atoms in total. The van der Waals surface area contributed by atoms with Gasteiger partial charge in [0, 0.05) is 31.0 Å². The summed E-state index contributed by atoms with van der Waals surface area (Å²) in [4.78, 5) is 53.8. The summed E-state index contributed by atoms with van der Waals surface area (Å²) in [7, 11) is 1.37. The molecule has 0 aromatic heterocycles. The molecule has 3 rings (SSSR count). The maximum atomic E-state index is 13.7. The molecule has 0 atom stereocenters. The molecule has 2 N–H and O–H groups in total. The first-order chi connectivity index (χ1) is 22.1. The van der Waals surface area contributed by atoms with Crippen LogP contribution in [0.25, 0.3) is 0 Å². The molecule has 0 radical (unpaired) electrons. The Balaban J connectivity index is 1.66. The van der Waals surface area contributed by atoms with E-state index in [1.165, 1.54) is 11.9 Å². The Morgan fingerprint density at radius 1 is 0.894 bits per heavy atom. The maximum Gasteiger partial charge on any atom is 0.319 e. The number of carbonyl (C=O) groups is 4. The lowest BCUT2D eigenvalue weighted by molar-refractivity contribution is -0.153. The Kier molecular flexibility index (Phi) is 12.8. The van der Waals surface area contributed by atoms with Crippen LogP contribution in [0.4, 0.5) is 30.6 Å². The molecule has 0 aliphatic heterocycles. The van der Waals surface area contributed by atoms with Gasteiger partial charge in [-0.1, -0.05) is 38.1 Å². The lowest BCUT2D eigenvalue weighted by atomic mass is 10.1. The van der Waals surface area contributed by atoms with Gasteiger partial charge in [-0.2, -0.15) is 0 Å². The highest BCUT2D eigenvalue weighted by atomic mass is 19.1. The molecule has 3 aromatic carbocycles. The Morgan fingerprint density at radius 2 is 1.57 bits per heavy atom. The second-order valence-electron chi connectivity index (χ2n) is 12.3. The Morgan fingerprint density at radius 3 is 2.23 bits per heavy atom. The summed E-state index contributed by atoms with van der Waals surface area (Å²) in [5.41, 5.74) is 0.883. The van der Waals surface area contributed by atoms with Crippen molar-refractivity contribution in [2.24, 2.45) is 5.92 Å². The van der Waals surface area contributed by atoms with Gasteiger partial charge in [0.2, 0.25) is 5.91 Å². The van der Waals surface area contributed by atoms with Crippen LogP contribution in [0.5, 0.6) is 5.75 Å². The van der Waals surface area contributed by atoms with E-state index < -0.39 is 47.7 Å². The summed E-state index contributed by atoms with van der Waals surface area (Å²) in [6, 6.07) is 15.6. The highest BCUT2D eigenvalue weighted by Crippen LogP contribution is 2.29. The minimum Gasteiger partial charge on any atom is -0.482 e. The van der Waals surface area contributed by atoms with E-state index in [0.717, 1.165) is 17.0 Å². The number of hydrogen-bond acceptors (Lipinski definition) is 6. The second kappa shape index (κ2) is 16.5. The van der Waals surface area contributed by atoms with E-state index in [9.17, 15) is 28.0 Å². The maximum absolute atomic E-state index is 13.7. The zero-order valence-electron chi connectivity index (χ0n) is 27.6. The van der Waals surface area contributed by atoms with Gasteiger partial charge in [-0.3, -0.25) is 14.4 Å². The number of benzene rings is 3. The highest BCUT2D eigenvalue weighted by Gasteiger charge is 2.22. The Bertz CT molecular complexity index is 1550. The second-order valence-corrected chi connectivity index (χ2v) is 12.3. The molecule has 0 saturated carbocycles. The Labute approximate surface area is 274 Å². The van der Waals surface area contributed by atoms with Crippen molar-refractivity contribution in [3.8, 4) is 5.75 Å². The molecule has 0 fully saturated rings. The Hall–Kier alpha value is -5.00. The molecule has 3 aromatic rings. The monoisotopic (exact) mass is 652 g/mol. The number of urea groups is 1. The van der Waals surface area contributed by atoms with E-state index >= 15 is 0 Å². The standard InChI is InChI=1S/C35H42F2N4O6/c1-23(2)14-15-41(29-12-7-8-13-30(29)46-22-32(43)40(6)28-19-25(36)18-26(37)20-28)31(42)21-38-34(45)39-27-11-9-10-24(16-27)17-33(44)47-35(3,4)5/h7-13,16,18-20,23H,14-15,17,21-22H2,1-6H3,(H2,38,39,45). The van der Waals surface area contributed by atoms with Crippen molar-refractivity contribution in [2.75, 3.05) is 41.9 Å². The van der Waals surface area contributed by atoms with Gasteiger partial charge in [-0.15, -0.1) is 0 Å². The first-order valence-electron chi connectivity index (χ1n) is 15.2. The first kappa shape index (κ1) is 36.5. The molecule has 0 unspecified atom stereocenters. The molecule has 0 heterocycles. The zero-order chi connectivity index (χ0) is 34.7. The number of rotatable bonds is 13. The zero-order valence-corrected chi connectivity index (χ0v) is 27.6. The number of amides is 4. The largest absolute Gasteiger partial charge is 0.482 e. The first-order valence-corrected chi connectivity index (χ1v) is 15.2. The van der Waals surface area contributed by atoms with Gasteiger partial charge < -0.3 is 29.9 Å². The third kappa shape index (κ3) is 12.0. The van der Waals surface area contributed by atoms with E-state index in [1.807, 2.05) is 13.8 Å². The van der Waals surface area contributed by atoms with Crippen molar-refractivity contribution in [2.45, 2.75) is 53.1 Å². The summed E-state index contributed by atoms with van der Waals surface area (Å²) in [6.07, 6.45) is 0.675. The van der Waals surface area contributed by atoms with Crippen LogP contribution >= 0.6 is 0 Å². The normalized spacial score (nSPS) is 11.1. The molecule has 0 saturated heterocycles. The van der Waals surface area contributed by atoms with Crippen molar-refractivity contribution in [1.29, 1.82) is 0 Å². The molecule has 47 heavy (non-hydrogen) atoms. The number of carbonyl (C=O) groups excluding carboxylic acids is 4. The third-order valence-corrected chi connectivity index (χ3v) is 6.70. The van der Waals surface area contributed by atoms with Gasteiger partial charge in [0.25, 0.3) is 5.91 Å². The predicted octanol–water partition coefficient (Wildman–Crippen LogP) is 6.09. The number of nitrogens with zero attached hydrogens (tertiary/aromatic N) is 2. The topological polar surface area (TPSA) is 117 Å². The van der Waals surface area contributed by atoms with Crippen molar-refractivity contribution in [3.05, 3.63) is 83.9 Å². The number of hydrogen-bond donors (Lipinski definition) is 2. The van der Waals surface area contributed by atoms with Gasteiger partial charge in [-0.05, 0) is 75.1 Å². The molecule has 0 aliphatic carbocycles. The quantitative estimate of drug-likeness (QED) is 0.216. The number of para-hydroxylation sites is 2. The summed E-state index contributed by atoms with van der Waals surface area (Å²) < 4.78 is 38.5. The minimum absolute atomic E-state index is 0.0252. The molecule has 0 spiro atoms. The number of nitrogens with one attached hydrogen (secondary N) is 2. The van der Waals surface area contributed by atoms with E-state index in [4.69, 9.17) is 9.47 Å². The molecule has 12 heteroatoms. The lowest BCUT2D eigenvalue weighted by Gasteiger charge is -2.26. The fraction of sp³-hybridized carbons (Fsp3) is 0.371. The molecule has 252 valence electrons. The fourth-order valence-electron chi connectivity index (χ4n) is 4.41. The highest BCUT2D eigenvalue weighted by molar-refractivity contribution is 5.99. The van der Waals surface area contributed by atoms with Crippen molar-refractivity contribution < 1.29 is 37.4 Å². The number of esters is 1. The SMILES string of the molecule is CC(C)CCN(C(=O)CNC(=O)Nc1cccc(CC(=O)OC(C)(C)C)c1)c1ccccc1OCC(=O)N(C)c1cc(F)cc(F)c1. The van der Waals surface area contributed by atoms with Crippen LogP contribution in [0.3, 0.4) is 0 Å². The van der Waals surface area contributed by atoms with Crippen molar-refractivity contribution in [1.82, 2.24) is 5.32 Å². The average molecular weight is 653 g/mol. The van der Waals surface area contributed by atoms with Crippen LogP contribution in [-0.4, -0.2) is 56.2 Å². The predicted molar refractivity (Wildman–Crippen MR) is 177 cm³/mol. The smallest absolute Gasteiger partial charge is 0.319 e. The molecular weight excluding hydrogens is 610 g/mol. The van der Waals surface area contributed by atoms with Crippen LogP contribution in [0.15, 0.2) is 66.7 Å². The van der Waals surface area contributed by atoms with Gasteiger partial charge in [0.15, 0.2) is 6.61 Å². The van der Waals surface area contributed by atoms with E-state index in [1.54, 1.807) is 69.3 Å². The van der Waals surface area contributed by atoms with E-state index in [-0.39, 0.29) is 30.3 Å². The minimum atomic E-state index is -0.820. The van der Waals surface area contributed by atoms with Crippen LogP contribution in [0.2, 0.25) is 0 Å². The van der Waals surface area contributed by atoms with Gasteiger partial charge >= 0.3 is 12.0 Å². The van der Waals surface area contributed by atoms with Crippen molar-refractivity contribution in [3.63, 3.8) is 0 Å². The number of ether oxygens (including phenoxy) is 2. The summed E-state index contributed by atoms with van der Waals surface area (Å²) in [6.45, 7) is 8.87. The summed E-state index contributed by atoms with van der Waals surface area (Å²) in [5, 5.41) is 5.25. The lowest BCUT2D eigenvalue weighted by Crippen LogP contribution is -2.42. The van der Waals surface area contributed by atoms with Crippen LogP contribution in [0, 0.1) is 17.6 Å². The van der Waals surface area contributed by atoms with Crippen LogP contribution < -0.4 is 25.2 Å². The van der Waals surface area contributed by atoms with Gasteiger partial charge in [0.05, 0.1) is 18.7 Å². The molecule has 4 amide bonds.